The Morgan fingerprint density at radius 1 is 1.28 bits per heavy atom. The van der Waals surface area contributed by atoms with Gasteiger partial charge in [-0.1, -0.05) is 19.9 Å². The van der Waals surface area contributed by atoms with Gasteiger partial charge < -0.3 is 10.2 Å². The minimum Gasteiger partial charge on any atom is -0.349 e. The lowest BCUT2D eigenvalue weighted by Crippen LogP contribution is -2.47. The maximum atomic E-state index is 12.7. The van der Waals surface area contributed by atoms with E-state index in [0.717, 1.165) is 11.4 Å². The maximum absolute atomic E-state index is 12.7. The first-order chi connectivity index (χ1) is 12.0. The molecule has 2 aromatic rings. The summed E-state index contributed by atoms with van der Waals surface area (Å²) in [6.45, 7) is 5.23. The van der Waals surface area contributed by atoms with Gasteiger partial charge in [0, 0.05) is 18.8 Å². The highest BCUT2D eigenvalue weighted by molar-refractivity contribution is 5.82. The van der Waals surface area contributed by atoms with E-state index in [1.165, 1.54) is 0 Å². The Morgan fingerprint density at radius 2 is 2.12 bits per heavy atom. The highest BCUT2D eigenvalue weighted by Gasteiger charge is 2.32. The second kappa shape index (κ2) is 7.46. The van der Waals surface area contributed by atoms with Crippen LogP contribution in [0.5, 0.6) is 0 Å². The SMILES string of the molecule is CC(C)CC(=O)N1Cc2ccnn2[C@@H](C(=O)NCc2ccccn2)C1. The van der Waals surface area contributed by atoms with Crippen molar-refractivity contribution in [3.63, 3.8) is 0 Å². The fourth-order valence-corrected chi connectivity index (χ4v) is 2.95. The van der Waals surface area contributed by atoms with Crippen molar-refractivity contribution in [1.29, 1.82) is 0 Å². The molecule has 3 rings (SSSR count). The molecule has 0 unspecified atom stereocenters. The molecule has 0 radical (unpaired) electrons. The number of fused-ring (bicyclic) bond motifs is 1. The molecule has 0 fully saturated rings. The van der Waals surface area contributed by atoms with Crippen LogP contribution in [0, 0.1) is 5.92 Å². The zero-order valence-corrected chi connectivity index (χ0v) is 14.6. The fourth-order valence-electron chi connectivity index (χ4n) is 2.95. The Hall–Kier alpha value is -2.70. The van der Waals surface area contributed by atoms with Crippen LogP contribution in [0.3, 0.4) is 0 Å². The Morgan fingerprint density at radius 3 is 2.84 bits per heavy atom. The second-order valence-corrected chi connectivity index (χ2v) is 6.69. The van der Waals surface area contributed by atoms with Gasteiger partial charge in [-0.2, -0.15) is 5.10 Å². The number of pyridine rings is 1. The van der Waals surface area contributed by atoms with E-state index in [9.17, 15) is 9.59 Å². The van der Waals surface area contributed by atoms with Crippen LogP contribution in [0.25, 0.3) is 0 Å². The van der Waals surface area contributed by atoms with E-state index in [2.05, 4.69) is 15.4 Å². The maximum Gasteiger partial charge on any atom is 0.247 e. The number of hydrogen-bond acceptors (Lipinski definition) is 4. The molecule has 1 aliphatic rings. The van der Waals surface area contributed by atoms with Gasteiger partial charge in [0.2, 0.25) is 11.8 Å². The van der Waals surface area contributed by atoms with Crippen molar-refractivity contribution in [3.8, 4) is 0 Å². The van der Waals surface area contributed by atoms with Crippen LogP contribution in [-0.2, 0) is 22.7 Å². The van der Waals surface area contributed by atoms with Crippen molar-refractivity contribution in [1.82, 2.24) is 25.0 Å². The number of amides is 2. The summed E-state index contributed by atoms with van der Waals surface area (Å²) in [4.78, 5) is 31.1. The number of carbonyl (C=O) groups excluding carboxylic acids is 2. The number of nitrogens with zero attached hydrogens (tertiary/aromatic N) is 4. The number of carbonyl (C=O) groups is 2. The first kappa shape index (κ1) is 17.1. The van der Waals surface area contributed by atoms with E-state index >= 15 is 0 Å². The molecule has 0 aromatic carbocycles. The molecule has 0 bridgehead atoms. The third-order valence-electron chi connectivity index (χ3n) is 4.20. The monoisotopic (exact) mass is 341 g/mol. The molecule has 1 aliphatic heterocycles. The van der Waals surface area contributed by atoms with E-state index in [1.54, 1.807) is 22.0 Å². The molecule has 7 nitrogen and oxygen atoms in total. The van der Waals surface area contributed by atoms with Gasteiger partial charge in [-0.3, -0.25) is 19.3 Å². The van der Waals surface area contributed by atoms with Crippen molar-refractivity contribution in [3.05, 3.63) is 48.0 Å². The molecule has 1 N–H and O–H groups in total. The molecule has 2 amide bonds. The van der Waals surface area contributed by atoms with E-state index in [0.29, 0.717) is 26.1 Å². The Kier molecular flexibility index (Phi) is 5.11. The molecule has 2 aromatic heterocycles. The molecular weight excluding hydrogens is 318 g/mol. The number of rotatable bonds is 5. The third-order valence-corrected chi connectivity index (χ3v) is 4.20. The van der Waals surface area contributed by atoms with E-state index < -0.39 is 6.04 Å². The summed E-state index contributed by atoms with van der Waals surface area (Å²) in [5, 5.41) is 7.17. The lowest BCUT2D eigenvalue weighted by molar-refractivity contribution is -0.136. The van der Waals surface area contributed by atoms with Crippen LogP contribution < -0.4 is 5.32 Å². The second-order valence-electron chi connectivity index (χ2n) is 6.69. The van der Waals surface area contributed by atoms with Gasteiger partial charge in [-0.25, -0.2) is 0 Å². The predicted molar refractivity (Wildman–Crippen MR) is 92.2 cm³/mol. The average Bonchev–Trinajstić information content (AvgIpc) is 3.07. The molecule has 0 aliphatic carbocycles. The summed E-state index contributed by atoms with van der Waals surface area (Å²) < 4.78 is 1.72. The van der Waals surface area contributed by atoms with Gasteiger partial charge in [0.1, 0.15) is 6.04 Å². The quantitative estimate of drug-likeness (QED) is 0.894. The summed E-state index contributed by atoms with van der Waals surface area (Å²) in [6, 6.07) is 6.92. The van der Waals surface area contributed by atoms with Crippen molar-refractivity contribution < 1.29 is 9.59 Å². The standard InChI is InChI=1S/C18H23N5O2/c1-13(2)9-17(24)22-11-15-6-8-21-23(15)16(12-22)18(25)20-10-14-5-3-4-7-19-14/h3-8,13,16H,9-12H2,1-2H3,(H,20,25)/t16-/m1/s1. The zero-order chi connectivity index (χ0) is 17.8. The summed E-state index contributed by atoms with van der Waals surface area (Å²) in [6.07, 6.45) is 3.85. The normalized spacial score (nSPS) is 16.6. The van der Waals surface area contributed by atoms with Crippen molar-refractivity contribution >= 4 is 11.8 Å². The van der Waals surface area contributed by atoms with Crippen molar-refractivity contribution in [2.45, 2.75) is 39.4 Å². The summed E-state index contributed by atoms with van der Waals surface area (Å²) in [5.74, 6) is 0.207. The average molecular weight is 341 g/mol. The van der Waals surface area contributed by atoms with Crippen LogP contribution in [-0.4, -0.2) is 38.0 Å². The molecule has 7 heteroatoms. The molecule has 3 heterocycles. The van der Waals surface area contributed by atoms with Crippen LogP contribution in [0.15, 0.2) is 36.7 Å². The summed E-state index contributed by atoms with van der Waals surface area (Å²) in [7, 11) is 0. The van der Waals surface area contributed by atoms with Crippen molar-refractivity contribution in [2.75, 3.05) is 6.54 Å². The Balaban J connectivity index is 1.71. The number of aromatic nitrogens is 3. The predicted octanol–water partition coefficient (Wildman–Crippen LogP) is 1.52. The topological polar surface area (TPSA) is 80.1 Å². The molecular formula is C18H23N5O2. The summed E-state index contributed by atoms with van der Waals surface area (Å²) in [5.41, 5.74) is 1.67. The first-order valence-corrected chi connectivity index (χ1v) is 8.52. The lowest BCUT2D eigenvalue weighted by atomic mass is 10.1. The van der Waals surface area contributed by atoms with Crippen LogP contribution in [0.2, 0.25) is 0 Å². The van der Waals surface area contributed by atoms with Gasteiger partial charge in [-0.15, -0.1) is 0 Å². The van der Waals surface area contributed by atoms with E-state index in [4.69, 9.17) is 0 Å². The minimum atomic E-state index is -0.515. The molecule has 0 saturated carbocycles. The van der Waals surface area contributed by atoms with Gasteiger partial charge >= 0.3 is 0 Å². The largest absolute Gasteiger partial charge is 0.349 e. The molecule has 0 saturated heterocycles. The summed E-state index contributed by atoms with van der Waals surface area (Å²) >= 11 is 0. The molecule has 1 atom stereocenters. The minimum absolute atomic E-state index is 0.0741. The first-order valence-electron chi connectivity index (χ1n) is 8.52. The van der Waals surface area contributed by atoms with Gasteiger partial charge in [-0.05, 0) is 24.1 Å². The molecule has 0 spiro atoms. The van der Waals surface area contributed by atoms with Gasteiger partial charge in [0.15, 0.2) is 0 Å². The van der Waals surface area contributed by atoms with Crippen LogP contribution in [0.4, 0.5) is 0 Å². The Labute approximate surface area is 147 Å². The van der Waals surface area contributed by atoms with E-state index in [1.807, 2.05) is 38.1 Å². The van der Waals surface area contributed by atoms with Crippen LogP contribution in [0.1, 0.15) is 37.7 Å². The molecule has 132 valence electrons. The Bertz CT molecular complexity index is 741. The molecule has 25 heavy (non-hydrogen) atoms. The van der Waals surface area contributed by atoms with Crippen LogP contribution >= 0.6 is 0 Å². The highest BCUT2D eigenvalue weighted by atomic mass is 16.2. The van der Waals surface area contributed by atoms with Gasteiger partial charge in [0.25, 0.3) is 0 Å². The smallest absolute Gasteiger partial charge is 0.247 e. The number of hydrogen-bond donors (Lipinski definition) is 1. The number of nitrogens with one attached hydrogen (secondary N) is 1. The lowest BCUT2D eigenvalue weighted by Gasteiger charge is -2.33. The third kappa shape index (κ3) is 4.04. The van der Waals surface area contributed by atoms with Crippen molar-refractivity contribution in [2.24, 2.45) is 5.92 Å². The highest BCUT2D eigenvalue weighted by Crippen LogP contribution is 2.22. The zero-order valence-electron chi connectivity index (χ0n) is 14.6. The van der Waals surface area contributed by atoms with E-state index in [-0.39, 0.29) is 17.7 Å². The van der Waals surface area contributed by atoms with Gasteiger partial charge in [0.05, 0.1) is 31.0 Å². The fraction of sp³-hybridized carbons (Fsp3) is 0.444.